The second-order valence-electron chi connectivity index (χ2n) is 6.54. The molecule has 0 aliphatic rings. The Hall–Kier alpha value is -3.37. The molecule has 0 fully saturated rings. The summed E-state index contributed by atoms with van der Waals surface area (Å²) >= 11 is 0. The van der Waals surface area contributed by atoms with Crippen molar-refractivity contribution in [1.29, 1.82) is 0 Å². The Labute approximate surface area is 172 Å². The first kappa shape index (κ1) is 21.3. The van der Waals surface area contributed by atoms with Crippen LogP contribution in [0.15, 0.2) is 59.0 Å². The van der Waals surface area contributed by atoms with Gasteiger partial charge in [-0.3, -0.25) is 14.8 Å². The van der Waals surface area contributed by atoms with Gasteiger partial charge in [-0.05, 0) is 36.4 Å². The van der Waals surface area contributed by atoms with Crippen LogP contribution in [0.2, 0.25) is 0 Å². The molecule has 30 heavy (non-hydrogen) atoms. The maximum atomic E-state index is 12.5. The van der Waals surface area contributed by atoms with E-state index in [1.165, 1.54) is 29.7 Å². The van der Waals surface area contributed by atoms with Gasteiger partial charge in [-0.25, -0.2) is 13.9 Å². The lowest BCUT2D eigenvalue weighted by molar-refractivity contribution is 0.0706. The molecule has 3 N–H and O–H groups in total. The van der Waals surface area contributed by atoms with E-state index in [-0.39, 0.29) is 24.4 Å². The number of furan rings is 1. The summed E-state index contributed by atoms with van der Waals surface area (Å²) in [6.07, 6.45) is 1.03. The molecule has 0 saturated carbocycles. The van der Waals surface area contributed by atoms with E-state index in [0.29, 0.717) is 11.3 Å². The van der Waals surface area contributed by atoms with E-state index in [1.54, 1.807) is 30.3 Å². The van der Waals surface area contributed by atoms with Gasteiger partial charge in [-0.2, -0.15) is 0 Å². The number of ether oxygens (including phenoxy) is 1. The van der Waals surface area contributed by atoms with Crippen molar-refractivity contribution in [2.75, 3.05) is 12.9 Å². The number of nitrogens with one attached hydrogen (secondary N) is 2. The van der Waals surface area contributed by atoms with Gasteiger partial charge >= 0.3 is 0 Å². The highest BCUT2D eigenvalue weighted by molar-refractivity contribution is 7.91. The van der Waals surface area contributed by atoms with Crippen LogP contribution in [0.1, 0.15) is 27.3 Å². The Kier molecular flexibility index (Phi) is 6.38. The Morgan fingerprint density at radius 3 is 2.43 bits per heavy atom. The zero-order chi connectivity index (χ0) is 21.7. The third-order valence-electron chi connectivity index (χ3n) is 4.33. The maximum absolute atomic E-state index is 12.5. The highest BCUT2D eigenvalue weighted by atomic mass is 32.2. The van der Waals surface area contributed by atoms with Crippen molar-refractivity contribution >= 4 is 32.6 Å². The van der Waals surface area contributed by atoms with Crippen molar-refractivity contribution in [2.45, 2.75) is 11.8 Å². The monoisotopic (exact) mass is 432 g/mol. The molecular weight excluding hydrogens is 412 g/mol. The number of hydrogen-bond acceptors (Lipinski definition) is 7. The van der Waals surface area contributed by atoms with E-state index in [1.807, 2.05) is 0 Å². The standard InChI is InChI=1S/C20H20N2O7S/c1-30(26,27)18(10-11-28-15-8-6-13(7-9-15)19(23)22-25)21-20(24)17-12-14-4-2-3-5-16(14)29-17/h2-9,12,18,25H,10-11H2,1H3,(H,21,24)(H,22,23). The van der Waals surface area contributed by atoms with Gasteiger partial charge < -0.3 is 14.5 Å². The first-order chi connectivity index (χ1) is 14.3. The van der Waals surface area contributed by atoms with Crippen LogP contribution in [0.4, 0.5) is 0 Å². The van der Waals surface area contributed by atoms with Gasteiger partial charge in [0.15, 0.2) is 15.6 Å². The molecule has 158 valence electrons. The highest BCUT2D eigenvalue weighted by Gasteiger charge is 2.25. The lowest BCUT2D eigenvalue weighted by Gasteiger charge is -2.16. The van der Waals surface area contributed by atoms with E-state index in [0.717, 1.165) is 11.6 Å². The highest BCUT2D eigenvalue weighted by Crippen LogP contribution is 2.19. The normalized spacial score (nSPS) is 12.3. The molecule has 3 aromatic rings. The molecule has 1 heterocycles. The smallest absolute Gasteiger partial charge is 0.288 e. The molecular formula is C20H20N2O7S. The van der Waals surface area contributed by atoms with E-state index in [4.69, 9.17) is 14.4 Å². The number of fused-ring (bicyclic) bond motifs is 1. The Balaban J connectivity index is 1.62. The first-order valence-electron chi connectivity index (χ1n) is 8.93. The topological polar surface area (TPSA) is 135 Å². The van der Waals surface area contributed by atoms with E-state index >= 15 is 0 Å². The molecule has 2 aromatic carbocycles. The van der Waals surface area contributed by atoms with E-state index in [2.05, 4.69) is 5.32 Å². The molecule has 0 aliphatic heterocycles. The molecule has 1 atom stereocenters. The maximum Gasteiger partial charge on any atom is 0.288 e. The van der Waals surface area contributed by atoms with Gasteiger partial charge in [0, 0.05) is 23.6 Å². The van der Waals surface area contributed by atoms with Crippen molar-refractivity contribution in [3.8, 4) is 5.75 Å². The Morgan fingerprint density at radius 1 is 1.10 bits per heavy atom. The average Bonchev–Trinajstić information content (AvgIpc) is 3.16. The number of rotatable bonds is 8. The number of amides is 2. The first-order valence-corrected chi connectivity index (χ1v) is 10.9. The molecule has 3 rings (SSSR count). The molecule has 10 heteroatoms. The van der Waals surface area contributed by atoms with Crippen LogP contribution in [0.25, 0.3) is 11.0 Å². The second-order valence-corrected chi connectivity index (χ2v) is 8.77. The SMILES string of the molecule is CS(=O)(=O)C(CCOc1ccc(C(=O)NO)cc1)NC(=O)c1cc2ccccc2o1. The van der Waals surface area contributed by atoms with Gasteiger partial charge in [-0.15, -0.1) is 0 Å². The van der Waals surface area contributed by atoms with Gasteiger partial charge in [0.05, 0.1) is 6.61 Å². The van der Waals surface area contributed by atoms with Crippen LogP contribution in [-0.4, -0.2) is 43.7 Å². The summed E-state index contributed by atoms with van der Waals surface area (Å²) in [6.45, 7) is 0.00366. The van der Waals surface area contributed by atoms with Crippen molar-refractivity contribution < 1.29 is 32.4 Å². The summed E-state index contributed by atoms with van der Waals surface area (Å²) in [6, 6.07) is 14.5. The number of para-hydroxylation sites is 1. The number of sulfone groups is 1. The molecule has 2 amide bonds. The molecule has 0 saturated heterocycles. The number of carbonyl (C=O) groups excluding carboxylic acids is 2. The summed E-state index contributed by atoms with van der Waals surface area (Å²) < 4.78 is 35.2. The van der Waals surface area contributed by atoms with Crippen LogP contribution >= 0.6 is 0 Å². The summed E-state index contributed by atoms with van der Waals surface area (Å²) in [5.74, 6) is -0.878. The van der Waals surface area contributed by atoms with Crippen molar-refractivity contribution in [3.05, 3.63) is 65.9 Å². The largest absolute Gasteiger partial charge is 0.493 e. The summed E-state index contributed by atoms with van der Waals surface area (Å²) in [5.41, 5.74) is 2.28. The fraction of sp³-hybridized carbons (Fsp3) is 0.200. The fourth-order valence-electron chi connectivity index (χ4n) is 2.76. The minimum atomic E-state index is -3.61. The van der Waals surface area contributed by atoms with Crippen molar-refractivity contribution in [3.63, 3.8) is 0 Å². The van der Waals surface area contributed by atoms with Crippen LogP contribution in [0.5, 0.6) is 5.75 Å². The van der Waals surface area contributed by atoms with E-state index < -0.39 is 27.0 Å². The summed E-state index contributed by atoms with van der Waals surface area (Å²) in [7, 11) is -3.61. The molecule has 0 spiro atoms. The molecule has 1 aromatic heterocycles. The molecule has 9 nitrogen and oxygen atoms in total. The fourth-order valence-corrected chi connectivity index (χ4v) is 3.60. The van der Waals surface area contributed by atoms with Crippen LogP contribution in [-0.2, 0) is 9.84 Å². The third-order valence-corrected chi connectivity index (χ3v) is 5.71. The van der Waals surface area contributed by atoms with Gasteiger partial charge in [0.25, 0.3) is 11.8 Å². The predicted molar refractivity (Wildman–Crippen MR) is 108 cm³/mol. The Bertz CT molecular complexity index is 1120. The van der Waals surface area contributed by atoms with Gasteiger partial charge in [0.1, 0.15) is 16.7 Å². The van der Waals surface area contributed by atoms with Gasteiger partial charge in [0.2, 0.25) is 0 Å². The van der Waals surface area contributed by atoms with E-state index in [9.17, 15) is 18.0 Å². The number of carbonyl (C=O) groups is 2. The molecule has 0 radical (unpaired) electrons. The average molecular weight is 432 g/mol. The minimum Gasteiger partial charge on any atom is -0.493 e. The molecule has 1 unspecified atom stereocenters. The van der Waals surface area contributed by atoms with Crippen LogP contribution < -0.4 is 15.5 Å². The van der Waals surface area contributed by atoms with Crippen LogP contribution in [0.3, 0.4) is 0 Å². The predicted octanol–water partition coefficient (Wildman–Crippen LogP) is 2.12. The minimum absolute atomic E-state index is 0.00365. The van der Waals surface area contributed by atoms with Gasteiger partial charge in [-0.1, -0.05) is 18.2 Å². The number of hydroxylamine groups is 1. The second kappa shape index (κ2) is 8.97. The zero-order valence-electron chi connectivity index (χ0n) is 16.0. The summed E-state index contributed by atoms with van der Waals surface area (Å²) in [5, 5.41) is 10.6. The lowest BCUT2D eigenvalue weighted by atomic mass is 10.2. The van der Waals surface area contributed by atoms with Crippen molar-refractivity contribution in [2.24, 2.45) is 0 Å². The third kappa shape index (κ3) is 5.16. The Morgan fingerprint density at radius 2 is 1.80 bits per heavy atom. The van der Waals surface area contributed by atoms with Crippen molar-refractivity contribution in [1.82, 2.24) is 10.8 Å². The molecule has 0 bridgehead atoms. The molecule has 0 aliphatic carbocycles. The lowest BCUT2D eigenvalue weighted by Crippen LogP contribution is -2.41. The zero-order valence-corrected chi connectivity index (χ0v) is 16.8. The number of benzene rings is 2. The quantitative estimate of drug-likeness (QED) is 0.366. The summed E-state index contributed by atoms with van der Waals surface area (Å²) in [4.78, 5) is 23.8. The van der Waals surface area contributed by atoms with Crippen LogP contribution in [0, 0.1) is 0 Å². The number of hydrogen-bond donors (Lipinski definition) is 3.